The van der Waals surface area contributed by atoms with Crippen LogP contribution in [0.1, 0.15) is 18.4 Å². The van der Waals surface area contributed by atoms with E-state index in [4.69, 9.17) is 21.1 Å². The highest BCUT2D eigenvalue weighted by Crippen LogP contribution is 2.25. The third-order valence-electron chi connectivity index (χ3n) is 4.47. The van der Waals surface area contributed by atoms with Crippen molar-refractivity contribution in [2.75, 3.05) is 25.1 Å². The molecule has 0 radical (unpaired) electrons. The first-order valence-electron chi connectivity index (χ1n) is 10.0. The smallest absolute Gasteiger partial charge is 0.329 e. The van der Waals surface area contributed by atoms with Gasteiger partial charge in [-0.25, -0.2) is 5.43 Å². The SMILES string of the molecule is O=C(COc1ccc(/C=N\NC(=O)C(=O)NC[C@@H]2CCCO2)cc1Cl)Nc1ccccc1. The van der Waals surface area contributed by atoms with E-state index in [2.05, 4.69) is 21.2 Å². The molecule has 0 bridgehead atoms. The Kier molecular flexibility index (Phi) is 8.59. The van der Waals surface area contributed by atoms with E-state index < -0.39 is 11.8 Å². The molecule has 2 aromatic carbocycles. The van der Waals surface area contributed by atoms with Crippen LogP contribution in [0.15, 0.2) is 53.6 Å². The van der Waals surface area contributed by atoms with Gasteiger partial charge in [-0.15, -0.1) is 0 Å². The number of nitrogens with zero attached hydrogens (tertiary/aromatic N) is 1. The summed E-state index contributed by atoms with van der Waals surface area (Å²) in [7, 11) is 0. The molecule has 0 saturated carbocycles. The lowest BCUT2D eigenvalue weighted by molar-refractivity contribution is -0.139. The topological polar surface area (TPSA) is 118 Å². The number of rotatable bonds is 8. The second-order valence-electron chi connectivity index (χ2n) is 6.94. The Morgan fingerprint density at radius 1 is 1.16 bits per heavy atom. The molecular weight excluding hydrogens is 436 g/mol. The highest BCUT2D eigenvalue weighted by molar-refractivity contribution is 6.35. The first-order valence-corrected chi connectivity index (χ1v) is 10.4. The normalized spacial score (nSPS) is 15.3. The summed E-state index contributed by atoms with van der Waals surface area (Å²) in [5.41, 5.74) is 3.39. The van der Waals surface area contributed by atoms with Crippen molar-refractivity contribution >= 4 is 41.2 Å². The second kappa shape index (κ2) is 11.8. The van der Waals surface area contributed by atoms with Crippen LogP contribution in [0.25, 0.3) is 0 Å². The lowest BCUT2D eigenvalue weighted by atomic mass is 10.2. The van der Waals surface area contributed by atoms with E-state index in [1.165, 1.54) is 6.21 Å². The van der Waals surface area contributed by atoms with Crippen LogP contribution in [0, 0.1) is 0 Å². The van der Waals surface area contributed by atoms with E-state index in [1.807, 2.05) is 18.2 Å². The van der Waals surface area contributed by atoms with Crippen LogP contribution in [0.2, 0.25) is 5.02 Å². The van der Waals surface area contributed by atoms with Gasteiger partial charge in [0.05, 0.1) is 17.3 Å². The molecule has 1 fully saturated rings. The molecular formula is C22H23ClN4O5. The number of halogens is 1. The van der Waals surface area contributed by atoms with Crippen molar-refractivity contribution < 1.29 is 23.9 Å². The molecule has 3 rings (SSSR count). The maximum atomic E-state index is 12.0. The molecule has 0 spiro atoms. The number of benzene rings is 2. The molecule has 32 heavy (non-hydrogen) atoms. The van der Waals surface area contributed by atoms with E-state index >= 15 is 0 Å². The molecule has 10 heteroatoms. The molecule has 0 aliphatic carbocycles. The molecule has 1 aliphatic heterocycles. The summed E-state index contributed by atoms with van der Waals surface area (Å²) in [6, 6.07) is 13.8. The zero-order valence-corrected chi connectivity index (χ0v) is 17.9. The summed E-state index contributed by atoms with van der Waals surface area (Å²) in [5, 5.41) is 9.23. The maximum Gasteiger partial charge on any atom is 0.329 e. The number of carbonyl (C=O) groups excluding carboxylic acids is 3. The van der Waals surface area contributed by atoms with Crippen molar-refractivity contribution in [3.63, 3.8) is 0 Å². The summed E-state index contributed by atoms with van der Waals surface area (Å²) < 4.78 is 10.8. The first kappa shape index (κ1) is 23.2. The third kappa shape index (κ3) is 7.36. The Labute approximate surface area is 190 Å². The molecule has 3 N–H and O–H groups in total. The van der Waals surface area contributed by atoms with Gasteiger partial charge < -0.3 is 20.1 Å². The number of nitrogens with one attached hydrogen (secondary N) is 3. The van der Waals surface area contributed by atoms with Crippen LogP contribution >= 0.6 is 11.6 Å². The van der Waals surface area contributed by atoms with Gasteiger partial charge in [-0.05, 0) is 48.7 Å². The molecule has 1 saturated heterocycles. The van der Waals surface area contributed by atoms with Crippen molar-refractivity contribution in [2.24, 2.45) is 5.10 Å². The van der Waals surface area contributed by atoms with E-state index in [9.17, 15) is 14.4 Å². The maximum absolute atomic E-state index is 12.0. The molecule has 1 aliphatic rings. The Morgan fingerprint density at radius 2 is 1.97 bits per heavy atom. The quantitative estimate of drug-likeness (QED) is 0.318. The van der Waals surface area contributed by atoms with Crippen molar-refractivity contribution in [2.45, 2.75) is 18.9 Å². The molecule has 168 valence electrons. The number of ether oxygens (including phenoxy) is 2. The molecule has 9 nitrogen and oxygen atoms in total. The monoisotopic (exact) mass is 458 g/mol. The molecule has 1 heterocycles. The predicted octanol–water partition coefficient (Wildman–Crippen LogP) is 2.10. The highest BCUT2D eigenvalue weighted by atomic mass is 35.5. The van der Waals surface area contributed by atoms with Crippen LogP contribution in [0.4, 0.5) is 5.69 Å². The first-order chi connectivity index (χ1) is 15.5. The number of anilines is 1. The fraction of sp³-hybridized carbons (Fsp3) is 0.273. The van der Waals surface area contributed by atoms with Crippen LogP contribution in [0.5, 0.6) is 5.75 Å². The minimum Gasteiger partial charge on any atom is -0.482 e. The molecule has 0 aromatic heterocycles. The fourth-order valence-electron chi connectivity index (χ4n) is 2.88. The molecule has 3 amide bonds. The summed E-state index contributed by atoms with van der Waals surface area (Å²) >= 11 is 6.19. The van der Waals surface area contributed by atoms with Gasteiger partial charge in [0.15, 0.2) is 6.61 Å². The highest BCUT2D eigenvalue weighted by Gasteiger charge is 2.19. The summed E-state index contributed by atoms with van der Waals surface area (Å²) in [4.78, 5) is 35.5. The lowest BCUT2D eigenvalue weighted by Crippen LogP contribution is -2.41. The average molecular weight is 459 g/mol. The number of hydrogen-bond donors (Lipinski definition) is 3. The minimum absolute atomic E-state index is 0.0532. The summed E-state index contributed by atoms with van der Waals surface area (Å²) in [6.45, 7) is 0.750. The van der Waals surface area contributed by atoms with E-state index in [1.54, 1.807) is 30.3 Å². The van der Waals surface area contributed by atoms with Crippen molar-refractivity contribution in [1.29, 1.82) is 0 Å². The van der Waals surface area contributed by atoms with E-state index in [0.717, 1.165) is 12.8 Å². The van der Waals surface area contributed by atoms with Crippen LogP contribution < -0.4 is 20.8 Å². The van der Waals surface area contributed by atoms with Gasteiger partial charge in [0.25, 0.3) is 5.91 Å². The number of hydrogen-bond acceptors (Lipinski definition) is 6. The van der Waals surface area contributed by atoms with Crippen LogP contribution in [-0.4, -0.2) is 49.8 Å². The van der Waals surface area contributed by atoms with Gasteiger partial charge >= 0.3 is 11.8 Å². The van der Waals surface area contributed by atoms with Gasteiger partial charge in [-0.1, -0.05) is 29.8 Å². The van der Waals surface area contributed by atoms with Gasteiger partial charge in [-0.3, -0.25) is 14.4 Å². The van der Waals surface area contributed by atoms with E-state index in [-0.39, 0.29) is 30.2 Å². The number of amides is 3. The Bertz CT molecular complexity index is 978. The summed E-state index contributed by atoms with van der Waals surface area (Å²) in [6.07, 6.45) is 3.09. The third-order valence-corrected chi connectivity index (χ3v) is 4.77. The largest absolute Gasteiger partial charge is 0.482 e. The number of hydrazone groups is 1. The number of carbonyl (C=O) groups is 3. The molecule has 2 aromatic rings. The van der Waals surface area contributed by atoms with Crippen molar-refractivity contribution in [3.05, 3.63) is 59.1 Å². The predicted molar refractivity (Wildman–Crippen MR) is 120 cm³/mol. The van der Waals surface area contributed by atoms with Crippen molar-refractivity contribution in [1.82, 2.24) is 10.7 Å². The minimum atomic E-state index is -0.880. The lowest BCUT2D eigenvalue weighted by Gasteiger charge is -2.10. The van der Waals surface area contributed by atoms with Crippen LogP contribution in [-0.2, 0) is 19.1 Å². The Balaban J connectivity index is 1.42. The van der Waals surface area contributed by atoms with Gasteiger partial charge in [0.2, 0.25) is 0 Å². The standard InChI is InChI=1S/C22H23ClN4O5/c23-18-11-15(12-25-27-22(30)21(29)24-13-17-7-4-10-31-17)8-9-19(18)32-14-20(28)26-16-5-2-1-3-6-16/h1-3,5-6,8-9,11-12,17H,4,7,10,13-14H2,(H,24,29)(H,26,28)(H,27,30)/b25-12-/t17-/m0/s1. The molecule has 0 unspecified atom stereocenters. The Hall–Kier alpha value is -3.43. The van der Waals surface area contributed by atoms with E-state index in [0.29, 0.717) is 23.6 Å². The fourth-order valence-corrected chi connectivity index (χ4v) is 3.13. The number of para-hydroxylation sites is 1. The average Bonchev–Trinajstić information content (AvgIpc) is 3.31. The van der Waals surface area contributed by atoms with Crippen molar-refractivity contribution in [3.8, 4) is 5.75 Å². The van der Waals surface area contributed by atoms with Gasteiger partial charge in [0.1, 0.15) is 5.75 Å². The van der Waals surface area contributed by atoms with Gasteiger partial charge in [0, 0.05) is 18.8 Å². The molecule has 1 atom stereocenters. The zero-order valence-electron chi connectivity index (χ0n) is 17.2. The Morgan fingerprint density at radius 3 is 2.69 bits per heavy atom. The summed E-state index contributed by atoms with van der Waals surface area (Å²) in [5.74, 6) is -1.66. The van der Waals surface area contributed by atoms with Gasteiger partial charge in [-0.2, -0.15) is 5.10 Å². The second-order valence-corrected chi connectivity index (χ2v) is 7.34. The zero-order chi connectivity index (χ0) is 22.8. The van der Waals surface area contributed by atoms with Crippen LogP contribution in [0.3, 0.4) is 0 Å².